The van der Waals surface area contributed by atoms with Crippen molar-refractivity contribution in [3.05, 3.63) is 16.6 Å². The van der Waals surface area contributed by atoms with E-state index >= 15 is 0 Å². The number of ether oxygens (including phenoxy) is 1. The highest BCUT2D eigenvalue weighted by atomic mass is 32.1. The van der Waals surface area contributed by atoms with Crippen LogP contribution in [0.4, 0.5) is 0 Å². The normalized spacial score (nSPS) is 26.2. The van der Waals surface area contributed by atoms with Gasteiger partial charge < -0.3 is 15.8 Å². The molecule has 1 saturated heterocycles. The van der Waals surface area contributed by atoms with Crippen LogP contribution in [0, 0.1) is 5.92 Å². The van der Waals surface area contributed by atoms with Gasteiger partial charge in [0.15, 0.2) is 0 Å². The summed E-state index contributed by atoms with van der Waals surface area (Å²) in [4.78, 5) is 4.35. The molecule has 1 aliphatic heterocycles. The van der Waals surface area contributed by atoms with E-state index in [1.54, 1.807) is 11.3 Å². The standard InChI is InChI=1S/C11H19N3OS/c1-11(2,10-13-3-4-16-10)14-5-8-6-15-7-9(8)12/h3-4,8-9,14H,5-7,12H2,1-2H3. The zero-order valence-corrected chi connectivity index (χ0v) is 10.6. The minimum absolute atomic E-state index is 0.0868. The van der Waals surface area contributed by atoms with Crippen LogP contribution in [-0.2, 0) is 10.3 Å². The highest BCUT2D eigenvalue weighted by Crippen LogP contribution is 2.22. The van der Waals surface area contributed by atoms with Gasteiger partial charge in [-0.05, 0) is 13.8 Å². The maximum Gasteiger partial charge on any atom is 0.112 e. The molecule has 0 spiro atoms. The molecule has 2 heterocycles. The molecule has 2 unspecified atom stereocenters. The van der Waals surface area contributed by atoms with Gasteiger partial charge in [-0.2, -0.15) is 0 Å². The Bertz CT molecular complexity index is 326. The fourth-order valence-electron chi connectivity index (χ4n) is 1.82. The Morgan fingerprint density at radius 2 is 2.44 bits per heavy atom. The first-order valence-corrected chi connectivity index (χ1v) is 6.46. The summed E-state index contributed by atoms with van der Waals surface area (Å²) in [6, 6.07) is 0.166. The number of aromatic nitrogens is 1. The Morgan fingerprint density at radius 1 is 1.62 bits per heavy atom. The Morgan fingerprint density at radius 3 is 3.00 bits per heavy atom. The van der Waals surface area contributed by atoms with Crippen molar-refractivity contribution in [1.29, 1.82) is 0 Å². The second kappa shape index (κ2) is 4.79. The van der Waals surface area contributed by atoms with E-state index in [9.17, 15) is 0 Å². The van der Waals surface area contributed by atoms with Crippen LogP contribution >= 0.6 is 11.3 Å². The summed E-state index contributed by atoms with van der Waals surface area (Å²) in [6.07, 6.45) is 1.84. The van der Waals surface area contributed by atoms with E-state index in [0.29, 0.717) is 12.5 Å². The predicted octanol–water partition coefficient (Wildman–Crippen LogP) is 0.942. The molecule has 0 bridgehead atoms. The van der Waals surface area contributed by atoms with Gasteiger partial charge in [0.1, 0.15) is 5.01 Å². The number of nitrogens with zero attached hydrogens (tertiary/aromatic N) is 1. The lowest BCUT2D eigenvalue weighted by molar-refractivity contribution is 0.182. The Balaban J connectivity index is 1.89. The maximum atomic E-state index is 5.95. The van der Waals surface area contributed by atoms with E-state index in [-0.39, 0.29) is 11.6 Å². The minimum atomic E-state index is -0.0868. The maximum absolute atomic E-state index is 5.95. The van der Waals surface area contributed by atoms with Gasteiger partial charge >= 0.3 is 0 Å². The van der Waals surface area contributed by atoms with E-state index in [4.69, 9.17) is 10.5 Å². The smallest absolute Gasteiger partial charge is 0.112 e. The largest absolute Gasteiger partial charge is 0.379 e. The van der Waals surface area contributed by atoms with Gasteiger partial charge in [-0.3, -0.25) is 0 Å². The van der Waals surface area contributed by atoms with Gasteiger partial charge in [-0.1, -0.05) is 0 Å². The number of thiazole rings is 1. The van der Waals surface area contributed by atoms with Crippen LogP contribution in [0.2, 0.25) is 0 Å². The number of nitrogens with two attached hydrogens (primary N) is 1. The molecule has 0 aliphatic carbocycles. The second-order valence-corrected chi connectivity index (χ2v) is 5.70. The lowest BCUT2D eigenvalue weighted by Gasteiger charge is -2.26. The lowest BCUT2D eigenvalue weighted by Crippen LogP contribution is -2.43. The SMILES string of the molecule is CC(C)(NCC1COCC1N)c1nccs1. The monoisotopic (exact) mass is 241 g/mol. The third kappa shape index (κ3) is 2.60. The van der Waals surface area contributed by atoms with E-state index in [0.717, 1.165) is 18.2 Å². The quantitative estimate of drug-likeness (QED) is 0.823. The molecule has 5 heteroatoms. The number of hydrogen-bond donors (Lipinski definition) is 2. The van der Waals surface area contributed by atoms with E-state index in [2.05, 4.69) is 24.1 Å². The Kier molecular flexibility index (Phi) is 3.59. The van der Waals surface area contributed by atoms with Crippen LogP contribution in [0.15, 0.2) is 11.6 Å². The van der Waals surface area contributed by atoms with Gasteiger partial charge in [0.2, 0.25) is 0 Å². The van der Waals surface area contributed by atoms with Crippen molar-refractivity contribution in [1.82, 2.24) is 10.3 Å². The number of nitrogens with one attached hydrogen (secondary N) is 1. The van der Waals surface area contributed by atoms with Crippen LogP contribution < -0.4 is 11.1 Å². The van der Waals surface area contributed by atoms with Gasteiger partial charge in [0.05, 0.1) is 18.8 Å². The van der Waals surface area contributed by atoms with Crippen molar-refractivity contribution < 1.29 is 4.74 Å². The highest BCUT2D eigenvalue weighted by molar-refractivity contribution is 7.09. The van der Waals surface area contributed by atoms with Crippen molar-refractivity contribution in [2.24, 2.45) is 11.7 Å². The molecule has 4 nitrogen and oxygen atoms in total. The van der Waals surface area contributed by atoms with Crippen LogP contribution in [0.3, 0.4) is 0 Å². The summed E-state index contributed by atoms with van der Waals surface area (Å²) in [5.74, 6) is 0.416. The zero-order valence-electron chi connectivity index (χ0n) is 9.77. The number of rotatable bonds is 4. The average Bonchev–Trinajstić information content (AvgIpc) is 2.85. The fraction of sp³-hybridized carbons (Fsp3) is 0.727. The topological polar surface area (TPSA) is 60.2 Å². The minimum Gasteiger partial charge on any atom is -0.379 e. The van der Waals surface area contributed by atoms with Crippen LogP contribution in [-0.4, -0.2) is 30.8 Å². The molecule has 2 rings (SSSR count). The van der Waals surface area contributed by atoms with Crippen LogP contribution in [0.5, 0.6) is 0 Å². The van der Waals surface area contributed by atoms with E-state index in [1.165, 1.54) is 0 Å². The molecule has 0 amide bonds. The molecule has 0 aromatic carbocycles. The van der Waals surface area contributed by atoms with Crippen LogP contribution in [0.25, 0.3) is 0 Å². The van der Waals surface area contributed by atoms with Gasteiger partial charge in [0, 0.05) is 30.1 Å². The molecule has 1 aliphatic rings. The van der Waals surface area contributed by atoms with Crippen molar-refractivity contribution in [2.45, 2.75) is 25.4 Å². The Hall–Kier alpha value is -0.490. The third-order valence-corrected chi connectivity index (χ3v) is 4.12. The molecule has 16 heavy (non-hydrogen) atoms. The van der Waals surface area contributed by atoms with Crippen LogP contribution in [0.1, 0.15) is 18.9 Å². The molecule has 1 fully saturated rings. The molecule has 1 aromatic rings. The fourth-order valence-corrected chi connectivity index (χ4v) is 2.56. The van der Waals surface area contributed by atoms with Gasteiger partial charge in [-0.15, -0.1) is 11.3 Å². The van der Waals surface area contributed by atoms with Crippen molar-refractivity contribution in [3.8, 4) is 0 Å². The first-order valence-electron chi connectivity index (χ1n) is 5.58. The number of hydrogen-bond acceptors (Lipinski definition) is 5. The molecular formula is C11H19N3OS. The predicted molar refractivity (Wildman–Crippen MR) is 65.4 cm³/mol. The molecule has 2 atom stereocenters. The lowest BCUT2D eigenvalue weighted by atomic mass is 10.0. The zero-order chi connectivity index (χ0) is 11.6. The molecule has 1 aromatic heterocycles. The van der Waals surface area contributed by atoms with E-state index in [1.807, 2.05) is 11.6 Å². The highest BCUT2D eigenvalue weighted by Gasteiger charge is 2.28. The Labute approximate surface area is 100 Å². The average molecular weight is 241 g/mol. The molecule has 3 N–H and O–H groups in total. The third-order valence-electron chi connectivity index (χ3n) is 3.02. The molecule has 90 valence electrons. The summed E-state index contributed by atoms with van der Waals surface area (Å²) < 4.78 is 5.35. The summed E-state index contributed by atoms with van der Waals surface area (Å²) in [7, 11) is 0. The van der Waals surface area contributed by atoms with Crippen molar-refractivity contribution in [2.75, 3.05) is 19.8 Å². The van der Waals surface area contributed by atoms with E-state index < -0.39 is 0 Å². The molecular weight excluding hydrogens is 222 g/mol. The van der Waals surface area contributed by atoms with Crippen molar-refractivity contribution in [3.63, 3.8) is 0 Å². The molecule has 0 radical (unpaired) electrons. The summed E-state index contributed by atoms with van der Waals surface area (Å²) >= 11 is 1.68. The van der Waals surface area contributed by atoms with Crippen molar-refractivity contribution >= 4 is 11.3 Å². The summed E-state index contributed by atoms with van der Waals surface area (Å²) in [6.45, 7) is 6.63. The summed E-state index contributed by atoms with van der Waals surface area (Å²) in [5.41, 5.74) is 5.86. The van der Waals surface area contributed by atoms with Gasteiger partial charge in [0.25, 0.3) is 0 Å². The summed E-state index contributed by atoms with van der Waals surface area (Å²) in [5, 5.41) is 6.64. The molecule has 0 saturated carbocycles. The first-order chi connectivity index (χ1) is 7.59. The second-order valence-electron chi connectivity index (χ2n) is 4.80. The van der Waals surface area contributed by atoms with Gasteiger partial charge in [-0.25, -0.2) is 4.98 Å². The first kappa shape index (κ1) is 12.0.